The number of hydrogen-bond donors (Lipinski definition) is 2. The number of nitrogens with two attached hydrogens (primary N) is 1. The third-order valence-electron chi connectivity index (χ3n) is 2.67. The maximum absolute atomic E-state index is 12.1. The number of halogens is 2. The number of amides is 1. The molecule has 2 aromatic carbocycles. The number of nitrogens with one attached hydrogen (secondary N) is 1. The van der Waals surface area contributed by atoms with Crippen LogP contribution in [0.4, 0.5) is 11.4 Å². The Bertz CT molecular complexity index is 643. The predicted molar refractivity (Wildman–Crippen MR) is 87.7 cm³/mol. The first-order valence-corrected chi connectivity index (χ1v) is 7.05. The van der Waals surface area contributed by atoms with E-state index in [2.05, 4.69) is 27.9 Å². The summed E-state index contributed by atoms with van der Waals surface area (Å²) in [6.07, 6.45) is 0. The van der Waals surface area contributed by atoms with Crippen molar-refractivity contribution in [1.82, 2.24) is 0 Å². The Labute approximate surface area is 130 Å². The van der Waals surface area contributed by atoms with Crippen LogP contribution < -0.4 is 11.1 Å². The maximum Gasteiger partial charge on any atom is 0.257 e. The van der Waals surface area contributed by atoms with Crippen molar-refractivity contribution in [3.8, 4) is 0 Å². The summed E-state index contributed by atoms with van der Waals surface area (Å²) in [5.74, 6) is -0.241. The van der Waals surface area contributed by atoms with E-state index in [9.17, 15) is 4.79 Å². The first-order valence-electron chi connectivity index (χ1n) is 5.60. The fourth-order valence-electron chi connectivity index (χ4n) is 1.67. The molecule has 19 heavy (non-hydrogen) atoms. The molecule has 98 valence electrons. The van der Waals surface area contributed by atoms with Crippen molar-refractivity contribution < 1.29 is 4.79 Å². The molecular weight excluding hydrogens is 375 g/mol. The molecule has 0 atom stereocenters. The Balaban J connectivity index is 2.25. The van der Waals surface area contributed by atoms with Gasteiger partial charge in [-0.2, -0.15) is 0 Å². The zero-order valence-electron chi connectivity index (χ0n) is 10.2. The van der Waals surface area contributed by atoms with Crippen LogP contribution in [-0.4, -0.2) is 5.91 Å². The number of anilines is 2. The van der Waals surface area contributed by atoms with E-state index >= 15 is 0 Å². The number of aryl methyl sites for hydroxylation is 1. The van der Waals surface area contributed by atoms with E-state index in [0.29, 0.717) is 16.3 Å². The largest absolute Gasteiger partial charge is 0.399 e. The van der Waals surface area contributed by atoms with Crippen molar-refractivity contribution >= 4 is 51.5 Å². The lowest BCUT2D eigenvalue weighted by atomic mass is 10.1. The van der Waals surface area contributed by atoms with Gasteiger partial charge in [0, 0.05) is 14.9 Å². The van der Waals surface area contributed by atoms with Crippen molar-refractivity contribution in [2.45, 2.75) is 6.92 Å². The summed E-state index contributed by atoms with van der Waals surface area (Å²) >= 11 is 8.24. The molecule has 0 aliphatic heterocycles. The van der Waals surface area contributed by atoms with Crippen LogP contribution in [0.5, 0.6) is 0 Å². The average molecular weight is 387 g/mol. The van der Waals surface area contributed by atoms with Gasteiger partial charge in [0.25, 0.3) is 5.91 Å². The Morgan fingerprint density at radius 2 is 2.00 bits per heavy atom. The summed E-state index contributed by atoms with van der Waals surface area (Å²) in [5, 5.41) is 3.19. The smallest absolute Gasteiger partial charge is 0.257 e. The molecule has 0 heterocycles. The summed E-state index contributed by atoms with van der Waals surface area (Å²) in [6.45, 7) is 1.95. The molecule has 0 radical (unpaired) electrons. The van der Waals surface area contributed by atoms with Gasteiger partial charge in [0.1, 0.15) is 0 Å². The van der Waals surface area contributed by atoms with E-state index in [1.807, 2.05) is 25.1 Å². The number of rotatable bonds is 2. The quantitative estimate of drug-likeness (QED) is 0.603. The third kappa shape index (κ3) is 3.39. The SMILES string of the molecule is Cc1cc(I)ccc1NC(=O)c1ccc(N)cc1Cl. The molecule has 0 unspecified atom stereocenters. The highest BCUT2D eigenvalue weighted by Crippen LogP contribution is 2.22. The number of carbonyl (C=O) groups excluding carboxylic acids is 1. The fourth-order valence-corrected chi connectivity index (χ4v) is 2.59. The summed E-state index contributed by atoms with van der Waals surface area (Å²) in [6, 6.07) is 10.7. The molecule has 1 amide bonds. The van der Waals surface area contributed by atoms with E-state index in [0.717, 1.165) is 14.8 Å². The lowest BCUT2D eigenvalue weighted by Crippen LogP contribution is -2.13. The maximum atomic E-state index is 12.1. The van der Waals surface area contributed by atoms with Gasteiger partial charge in [-0.25, -0.2) is 0 Å². The van der Waals surface area contributed by atoms with E-state index in [4.69, 9.17) is 17.3 Å². The van der Waals surface area contributed by atoms with Crippen LogP contribution in [0, 0.1) is 10.5 Å². The highest BCUT2D eigenvalue weighted by molar-refractivity contribution is 14.1. The molecule has 0 fully saturated rings. The van der Waals surface area contributed by atoms with Gasteiger partial charge in [0.05, 0.1) is 10.6 Å². The van der Waals surface area contributed by atoms with Crippen molar-refractivity contribution in [3.63, 3.8) is 0 Å². The Hall–Kier alpha value is -1.27. The standard InChI is InChI=1S/C14H12ClIN2O/c1-8-6-9(16)2-5-13(8)18-14(19)11-4-3-10(17)7-12(11)15/h2-7H,17H2,1H3,(H,18,19). The lowest BCUT2D eigenvalue weighted by molar-refractivity contribution is 0.102. The second-order valence-corrected chi connectivity index (χ2v) is 5.81. The predicted octanol–water partition coefficient (Wildman–Crippen LogP) is 4.09. The minimum Gasteiger partial charge on any atom is -0.399 e. The minimum atomic E-state index is -0.241. The molecule has 0 aliphatic rings. The summed E-state index contributed by atoms with van der Waals surface area (Å²) in [7, 11) is 0. The molecule has 3 nitrogen and oxygen atoms in total. The van der Waals surface area contributed by atoms with Crippen LogP contribution in [0.1, 0.15) is 15.9 Å². The normalized spacial score (nSPS) is 10.3. The molecule has 2 rings (SSSR count). The lowest BCUT2D eigenvalue weighted by Gasteiger charge is -2.10. The molecule has 0 aliphatic carbocycles. The van der Waals surface area contributed by atoms with Crippen LogP contribution in [-0.2, 0) is 0 Å². The topological polar surface area (TPSA) is 55.1 Å². The van der Waals surface area contributed by atoms with Crippen molar-refractivity contribution in [2.75, 3.05) is 11.1 Å². The Morgan fingerprint density at radius 3 is 2.63 bits per heavy atom. The Kier molecular flexibility index (Phi) is 4.31. The van der Waals surface area contributed by atoms with E-state index in [1.165, 1.54) is 0 Å². The van der Waals surface area contributed by atoms with Gasteiger partial charge < -0.3 is 11.1 Å². The summed E-state index contributed by atoms with van der Waals surface area (Å²) in [5.41, 5.74) is 8.33. The second kappa shape index (κ2) is 5.79. The molecular formula is C14H12ClIN2O. The Morgan fingerprint density at radius 1 is 1.26 bits per heavy atom. The molecule has 0 spiro atoms. The van der Waals surface area contributed by atoms with Gasteiger partial charge in [-0.05, 0) is 71.5 Å². The molecule has 2 aromatic rings. The molecule has 0 bridgehead atoms. The average Bonchev–Trinajstić information content (AvgIpc) is 2.32. The molecule has 0 aromatic heterocycles. The van der Waals surface area contributed by atoms with E-state index < -0.39 is 0 Å². The highest BCUT2D eigenvalue weighted by atomic mass is 127. The summed E-state index contributed by atoms with van der Waals surface area (Å²) < 4.78 is 1.12. The van der Waals surface area contributed by atoms with Crippen molar-refractivity contribution in [1.29, 1.82) is 0 Å². The summed E-state index contributed by atoms with van der Waals surface area (Å²) in [4.78, 5) is 12.1. The zero-order valence-corrected chi connectivity index (χ0v) is 13.1. The third-order valence-corrected chi connectivity index (χ3v) is 3.66. The van der Waals surface area contributed by atoms with Gasteiger partial charge in [-0.3, -0.25) is 4.79 Å². The number of benzene rings is 2. The van der Waals surface area contributed by atoms with Crippen molar-refractivity contribution in [3.05, 3.63) is 56.1 Å². The minimum absolute atomic E-state index is 0.241. The first kappa shape index (κ1) is 14.1. The van der Waals surface area contributed by atoms with Crippen LogP contribution in [0.25, 0.3) is 0 Å². The van der Waals surface area contributed by atoms with Crippen molar-refractivity contribution in [2.24, 2.45) is 0 Å². The van der Waals surface area contributed by atoms with Gasteiger partial charge in [0.15, 0.2) is 0 Å². The van der Waals surface area contributed by atoms with Gasteiger partial charge in [-0.15, -0.1) is 0 Å². The van der Waals surface area contributed by atoms with E-state index in [-0.39, 0.29) is 5.91 Å². The van der Waals surface area contributed by atoms with Gasteiger partial charge in [-0.1, -0.05) is 11.6 Å². The fraction of sp³-hybridized carbons (Fsp3) is 0.0714. The van der Waals surface area contributed by atoms with Crippen LogP contribution >= 0.6 is 34.2 Å². The van der Waals surface area contributed by atoms with Crippen LogP contribution in [0.2, 0.25) is 5.02 Å². The molecule has 0 saturated heterocycles. The monoisotopic (exact) mass is 386 g/mol. The van der Waals surface area contributed by atoms with Gasteiger partial charge >= 0.3 is 0 Å². The zero-order chi connectivity index (χ0) is 14.0. The van der Waals surface area contributed by atoms with Crippen LogP contribution in [0.15, 0.2) is 36.4 Å². The highest BCUT2D eigenvalue weighted by Gasteiger charge is 2.11. The number of hydrogen-bond acceptors (Lipinski definition) is 2. The second-order valence-electron chi connectivity index (χ2n) is 4.15. The number of carbonyl (C=O) groups is 1. The first-order chi connectivity index (χ1) is 8.97. The molecule has 3 N–H and O–H groups in total. The number of nitrogen functional groups attached to an aromatic ring is 1. The van der Waals surface area contributed by atoms with Gasteiger partial charge in [0.2, 0.25) is 0 Å². The van der Waals surface area contributed by atoms with Crippen LogP contribution in [0.3, 0.4) is 0 Å². The van der Waals surface area contributed by atoms with E-state index in [1.54, 1.807) is 18.2 Å². The molecule has 5 heteroatoms. The molecule has 0 saturated carbocycles.